The Balaban J connectivity index is 1.57. The monoisotopic (exact) mass is 329 g/mol. The van der Waals surface area contributed by atoms with E-state index in [0.717, 1.165) is 35.3 Å². The summed E-state index contributed by atoms with van der Waals surface area (Å²) in [4.78, 5) is 19.7. The van der Waals surface area contributed by atoms with Crippen molar-refractivity contribution in [3.63, 3.8) is 0 Å². The molecule has 3 rings (SSSR count). The third-order valence-corrected chi connectivity index (χ3v) is 5.40. The summed E-state index contributed by atoms with van der Waals surface area (Å²) in [6.07, 6.45) is 2.90. The lowest BCUT2D eigenvalue weighted by molar-refractivity contribution is -0.115. The zero-order valence-electron chi connectivity index (χ0n) is 13.7. The summed E-state index contributed by atoms with van der Waals surface area (Å²) in [6, 6.07) is 8.18. The molecule has 5 heteroatoms. The van der Waals surface area contributed by atoms with Crippen LogP contribution in [0, 0.1) is 12.8 Å². The Kier molecular flexibility index (Phi) is 4.96. The van der Waals surface area contributed by atoms with Crippen LogP contribution in [0.3, 0.4) is 0 Å². The Morgan fingerprint density at radius 3 is 2.61 bits per heavy atom. The van der Waals surface area contributed by atoms with Crippen molar-refractivity contribution in [3.8, 4) is 0 Å². The molecule has 1 saturated heterocycles. The van der Waals surface area contributed by atoms with Crippen LogP contribution in [-0.4, -0.2) is 24.0 Å². The van der Waals surface area contributed by atoms with E-state index < -0.39 is 0 Å². The van der Waals surface area contributed by atoms with E-state index in [0.29, 0.717) is 6.42 Å². The largest absolute Gasteiger partial charge is 0.372 e. The molecule has 1 aromatic heterocycles. The Bertz CT molecular complexity index is 657. The van der Waals surface area contributed by atoms with Gasteiger partial charge in [-0.2, -0.15) is 0 Å². The van der Waals surface area contributed by atoms with Gasteiger partial charge in [0.05, 0.1) is 17.6 Å². The van der Waals surface area contributed by atoms with Crippen molar-refractivity contribution in [2.45, 2.75) is 33.1 Å². The summed E-state index contributed by atoms with van der Waals surface area (Å²) in [5, 5.41) is 2.97. The number of carbonyl (C=O) groups is 1. The number of aryl methyl sites for hydroxylation is 1. The zero-order valence-corrected chi connectivity index (χ0v) is 14.5. The quantitative estimate of drug-likeness (QED) is 0.926. The Morgan fingerprint density at radius 2 is 2.00 bits per heavy atom. The SMILES string of the molecule is Cc1ncsc1CC(=O)Nc1ccc(N2CCC(C)CC2)cc1. The third-order valence-electron chi connectivity index (χ3n) is 4.47. The second kappa shape index (κ2) is 7.13. The predicted molar refractivity (Wildman–Crippen MR) is 96.2 cm³/mol. The molecule has 0 spiro atoms. The highest BCUT2D eigenvalue weighted by atomic mass is 32.1. The number of benzene rings is 1. The summed E-state index contributed by atoms with van der Waals surface area (Å²) in [7, 11) is 0. The van der Waals surface area contributed by atoms with E-state index >= 15 is 0 Å². The maximum Gasteiger partial charge on any atom is 0.229 e. The summed E-state index contributed by atoms with van der Waals surface area (Å²) in [5.41, 5.74) is 4.82. The number of carbonyl (C=O) groups excluding carboxylic acids is 1. The highest BCUT2D eigenvalue weighted by molar-refractivity contribution is 7.09. The smallest absolute Gasteiger partial charge is 0.229 e. The van der Waals surface area contributed by atoms with Crippen LogP contribution in [-0.2, 0) is 11.2 Å². The minimum atomic E-state index is 0.0110. The van der Waals surface area contributed by atoms with E-state index in [9.17, 15) is 4.79 Å². The van der Waals surface area contributed by atoms with E-state index in [1.807, 2.05) is 19.1 Å². The summed E-state index contributed by atoms with van der Waals surface area (Å²) in [5.74, 6) is 0.844. The van der Waals surface area contributed by atoms with Gasteiger partial charge in [0, 0.05) is 29.3 Å². The average Bonchev–Trinajstić information content (AvgIpc) is 2.94. The number of nitrogens with one attached hydrogen (secondary N) is 1. The number of rotatable bonds is 4. The first-order valence-corrected chi connectivity index (χ1v) is 9.03. The van der Waals surface area contributed by atoms with Gasteiger partial charge in [-0.3, -0.25) is 4.79 Å². The van der Waals surface area contributed by atoms with Crippen molar-refractivity contribution in [1.29, 1.82) is 0 Å². The van der Waals surface area contributed by atoms with E-state index in [1.54, 1.807) is 5.51 Å². The van der Waals surface area contributed by atoms with Crippen molar-refractivity contribution in [2.24, 2.45) is 5.92 Å². The molecule has 2 aromatic rings. The van der Waals surface area contributed by atoms with Gasteiger partial charge in [-0.15, -0.1) is 11.3 Å². The zero-order chi connectivity index (χ0) is 16.2. The number of aromatic nitrogens is 1. The van der Waals surface area contributed by atoms with Crippen LogP contribution >= 0.6 is 11.3 Å². The fourth-order valence-electron chi connectivity index (χ4n) is 2.87. The van der Waals surface area contributed by atoms with Crippen LogP contribution in [0.25, 0.3) is 0 Å². The first kappa shape index (κ1) is 16.0. The Hall–Kier alpha value is -1.88. The van der Waals surface area contributed by atoms with Gasteiger partial charge in [0.1, 0.15) is 0 Å². The molecule has 1 aliphatic heterocycles. The molecule has 1 amide bonds. The van der Waals surface area contributed by atoms with Gasteiger partial charge in [0.15, 0.2) is 0 Å². The summed E-state index contributed by atoms with van der Waals surface area (Å²) >= 11 is 1.53. The van der Waals surface area contributed by atoms with Crippen molar-refractivity contribution >= 4 is 28.6 Å². The number of piperidine rings is 1. The van der Waals surface area contributed by atoms with Crippen LogP contribution in [0.4, 0.5) is 11.4 Å². The normalized spacial score (nSPS) is 15.7. The molecule has 0 radical (unpaired) electrons. The van der Waals surface area contributed by atoms with Gasteiger partial charge in [0.25, 0.3) is 0 Å². The van der Waals surface area contributed by atoms with Gasteiger partial charge in [0.2, 0.25) is 5.91 Å². The number of nitrogens with zero attached hydrogens (tertiary/aromatic N) is 2. The highest BCUT2D eigenvalue weighted by Gasteiger charge is 2.16. The van der Waals surface area contributed by atoms with E-state index in [2.05, 4.69) is 34.3 Å². The lowest BCUT2D eigenvalue weighted by Crippen LogP contribution is -2.32. The maximum atomic E-state index is 12.1. The molecule has 1 aliphatic rings. The Morgan fingerprint density at radius 1 is 1.30 bits per heavy atom. The molecule has 1 N–H and O–H groups in total. The van der Waals surface area contributed by atoms with Gasteiger partial charge >= 0.3 is 0 Å². The van der Waals surface area contributed by atoms with Crippen LogP contribution in [0.15, 0.2) is 29.8 Å². The topological polar surface area (TPSA) is 45.2 Å². The number of amides is 1. The molecule has 122 valence electrons. The van der Waals surface area contributed by atoms with Crippen LogP contribution in [0.2, 0.25) is 0 Å². The minimum Gasteiger partial charge on any atom is -0.372 e. The molecule has 0 aliphatic carbocycles. The minimum absolute atomic E-state index is 0.0110. The first-order chi connectivity index (χ1) is 11.1. The molecule has 4 nitrogen and oxygen atoms in total. The molecule has 1 fully saturated rings. The summed E-state index contributed by atoms with van der Waals surface area (Å²) in [6.45, 7) is 6.50. The van der Waals surface area contributed by atoms with Crippen LogP contribution in [0.5, 0.6) is 0 Å². The van der Waals surface area contributed by atoms with Crippen molar-refractivity contribution in [3.05, 3.63) is 40.3 Å². The molecule has 0 bridgehead atoms. The van der Waals surface area contributed by atoms with Crippen LogP contribution in [0.1, 0.15) is 30.3 Å². The van der Waals surface area contributed by atoms with E-state index in [4.69, 9.17) is 0 Å². The van der Waals surface area contributed by atoms with Gasteiger partial charge in [-0.05, 0) is 49.9 Å². The van der Waals surface area contributed by atoms with Crippen molar-refractivity contribution < 1.29 is 4.79 Å². The number of hydrogen-bond donors (Lipinski definition) is 1. The van der Waals surface area contributed by atoms with E-state index in [-0.39, 0.29) is 5.91 Å². The second-order valence-corrected chi connectivity index (χ2v) is 7.24. The fourth-order valence-corrected chi connectivity index (χ4v) is 3.65. The van der Waals surface area contributed by atoms with Gasteiger partial charge in [-0.1, -0.05) is 6.92 Å². The number of anilines is 2. The predicted octanol–water partition coefficient (Wildman–Crippen LogP) is 3.87. The highest BCUT2D eigenvalue weighted by Crippen LogP contribution is 2.24. The molecule has 2 heterocycles. The lowest BCUT2D eigenvalue weighted by Gasteiger charge is -2.32. The third kappa shape index (κ3) is 4.10. The van der Waals surface area contributed by atoms with Gasteiger partial charge < -0.3 is 10.2 Å². The number of hydrogen-bond acceptors (Lipinski definition) is 4. The van der Waals surface area contributed by atoms with Crippen molar-refractivity contribution in [2.75, 3.05) is 23.3 Å². The molecule has 0 saturated carbocycles. The molecule has 0 atom stereocenters. The first-order valence-electron chi connectivity index (χ1n) is 8.15. The number of thiazole rings is 1. The molecule has 23 heavy (non-hydrogen) atoms. The average molecular weight is 329 g/mol. The molecular weight excluding hydrogens is 306 g/mol. The summed E-state index contributed by atoms with van der Waals surface area (Å²) < 4.78 is 0. The van der Waals surface area contributed by atoms with Crippen LogP contribution < -0.4 is 10.2 Å². The van der Waals surface area contributed by atoms with E-state index in [1.165, 1.54) is 29.9 Å². The molecule has 1 aromatic carbocycles. The fraction of sp³-hybridized carbons (Fsp3) is 0.444. The standard InChI is InChI=1S/C18H23N3OS/c1-13-7-9-21(10-8-13)16-5-3-15(4-6-16)20-18(22)11-17-14(2)19-12-23-17/h3-6,12-13H,7-11H2,1-2H3,(H,20,22). The van der Waals surface area contributed by atoms with Gasteiger partial charge in [-0.25, -0.2) is 4.98 Å². The lowest BCUT2D eigenvalue weighted by atomic mass is 9.99. The molecule has 0 unspecified atom stereocenters. The van der Waals surface area contributed by atoms with Crippen molar-refractivity contribution in [1.82, 2.24) is 4.98 Å². The Labute approximate surface area is 141 Å². The maximum absolute atomic E-state index is 12.1. The molecular formula is C18H23N3OS. The second-order valence-electron chi connectivity index (χ2n) is 6.30.